The van der Waals surface area contributed by atoms with Crippen LogP contribution in [0.25, 0.3) is 6.08 Å². The summed E-state index contributed by atoms with van der Waals surface area (Å²) in [6, 6.07) is 15.9. The van der Waals surface area contributed by atoms with Crippen molar-refractivity contribution in [3.05, 3.63) is 98.4 Å². The van der Waals surface area contributed by atoms with E-state index in [1.165, 1.54) is 12.1 Å². The number of amides is 4. The number of halogens is 3. The fourth-order valence-corrected chi connectivity index (χ4v) is 4.50. The third kappa shape index (κ3) is 5.92. The molecule has 1 heterocycles. The predicted molar refractivity (Wildman–Crippen MR) is 138 cm³/mol. The van der Waals surface area contributed by atoms with E-state index in [1.807, 2.05) is 13.0 Å². The van der Waals surface area contributed by atoms with E-state index in [-0.39, 0.29) is 17.3 Å². The number of hydrogen-bond donors (Lipinski definition) is 2. The Kier molecular flexibility index (Phi) is 7.71. The Bertz CT molecular complexity index is 1370. The molecule has 7 nitrogen and oxygen atoms in total. The van der Waals surface area contributed by atoms with Gasteiger partial charge in [0.25, 0.3) is 5.91 Å². The average molecular weight is 573 g/mol. The normalized spacial score (nSPS) is 14.2. The first-order valence-electron chi connectivity index (χ1n) is 10.8. The van der Waals surface area contributed by atoms with Crippen LogP contribution in [0.1, 0.15) is 16.7 Å². The quantitative estimate of drug-likeness (QED) is 0.283. The van der Waals surface area contributed by atoms with Crippen molar-refractivity contribution in [1.29, 1.82) is 0 Å². The molecule has 1 saturated heterocycles. The van der Waals surface area contributed by atoms with Crippen LogP contribution in [0.5, 0.6) is 5.75 Å². The van der Waals surface area contributed by atoms with E-state index in [1.54, 1.807) is 48.5 Å². The van der Waals surface area contributed by atoms with Gasteiger partial charge in [-0.05, 0) is 70.4 Å². The number of urea groups is 1. The molecule has 4 amide bonds. The van der Waals surface area contributed by atoms with Gasteiger partial charge in [0, 0.05) is 11.3 Å². The molecule has 0 atom stereocenters. The van der Waals surface area contributed by atoms with Gasteiger partial charge in [0.05, 0.1) is 9.50 Å². The van der Waals surface area contributed by atoms with Crippen molar-refractivity contribution in [2.24, 2.45) is 0 Å². The first-order chi connectivity index (χ1) is 17.2. The largest absolute Gasteiger partial charge is 0.486 e. The zero-order chi connectivity index (χ0) is 25.8. The molecule has 3 aromatic rings. The monoisotopic (exact) mass is 571 g/mol. The lowest BCUT2D eigenvalue weighted by molar-refractivity contribution is -0.127. The molecule has 0 spiro atoms. The van der Waals surface area contributed by atoms with Crippen molar-refractivity contribution in [3.63, 3.8) is 0 Å². The summed E-state index contributed by atoms with van der Waals surface area (Å²) in [5, 5.41) is 5.37. The summed E-state index contributed by atoms with van der Waals surface area (Å²) in [7, 11) is 0. The molecule has 0 radical (unpaired) electrons. The molecule has 1 fully saturated rings. The second kappa shape index (κ2) is 10.9. The highest BCUT2D eigenvalue weighted by molar-refractivity contribution is 9.10. The SMILES string of the molecule is Cc1cccc(NC(=O)CN2C(=O)N/C(=C/c3cc(Cl)c(OCc4ccccc4F)c(Br)c3)C2=O)c1. The summed E-state index contributed by atoms with van der Waals surface area (Å²) in [6.07, 6.45) is 1.44. The van der Waals surface area contributed by atoms with Gasteiger partial charge in [-0.2, -0.15) is 0 Å². The first-order valence-corrected chi connectivity index (χ1v) is 11.9. The van der Waals surface area contributed by atoms with Crippen LogP contribution >= 0.6 is 27.5 Å². The molecule has 0 unspecified atom stereocenters. The van der Waals surface area contributed by atoms with Crippen molar-refractivity contribution < 1.29 is 23.5 Å². The van der Waals surface area contributed by atoms with E-state index in [0.717, 1.165) is 10.5 Å². The Balaban J connectivity index is 1.44. The highest BCUT2D eigenvalue weighted by atomic mass is 79.9. The lowest BCUT2D eigenvalue weighted by atomic mass is 10.1. The molecule has 4 rings (SSSR count). The highest BCUT2D eigenvalue weighted by Crippen LogP contribution is 2.36. The fourth-order valence-electron chi connectivity index (χ4n) is 3.51. The van der Waals surface area contributed by atoms with Crippen LogP contribution in [0, 0.1) is 12.7 Å². The van der Waals surface area contributed by atoms with E-state index in [9.17, 15) is 18.8 Å². The number of nitrogens with one attached hydrogen (secondary N) is 2. The molecule has 0 aliphatic carbocycles. The summed E-state index contributed by atoms with van der Waals surface area (Å²) < 4.78 is 20.0. The van der Waals surface area contributed by atoms with Crippen molar-refractivity contribution in [2.45, 2.75) is 13.5 Å². The van der Waals surface area contributed by atoms with Gasteiger partial charge in [-0.25, -0.2) is 14.1 Å². The predicted octanol–water partition coefficient (Wildman–Crippen LogP) is 5.66. The zero-order valence-corrected chi connectivity index (χ0v) is 21.3. The van der Waals surface area contributed by atoms with E-state index in [2.05, 4.69) is 26.6 Å². The first kappa shape index (κ1) is 25.4. The molecular formula is C26H20BrClFN3O4. The second-order valence-corrected chi connectivity index (χ2v) is 9.25. The van der Waals surface area contributed by atoms with E-state index in [0.29, 0.717) is 27.0 Å². The number of carbonyl (C=O) groups is 3. The van der Waals surface area contributed by atoms with Gasteiger partial charge in [-0.1, -0.05) is 41.9 Å². The smallest absolute Gasteiger partial charge is 0.329 e. The molecule has 0 bridgehead atoms. The number of imide groups is 1. The molecule has 1 aliphatic rings. The van der Waals surface area contributed by atoms with Crippen molar-refractivity contribution >= 4 is 57.1 Å². The maximum atomic E-state index is 13.9. The lowest BCUT2D eigenvalue weighted by Gasteiger charge is -2.12. The minimum Gasteiger partial charge on any atom is -0.486 e. The number of carbonyl (C=O) groups excluding carboxylic acids is 3. The molecule has 184 valence electrons. The number of benzene rings is 3. The summed E-state index contributed by atoms with van der Waals surface area (Å²) in [6.45, 7) is 1.42. The zero-order valence-electron chi connectivity index (χ0n) is 19.0. The number of nitrogens with zero attached hydrogens (tertiary/aromatic N) is 1. The number of aryl methyl sites for hydroxylation is 1. The van der Waals surface area contributed by atoms with Crippen molar-refractivity contribution in [1.82, 2.24) is 10.2 Å². The minimum atomic E-state index is -0.708. The van der Waals surface area contributed by atoms with Gasteiger partial charge in [0.1, 0.15) is 24.7 Å². The molecule has 0 saturated carbocycles. The number of ether oxygens (including phenoxy) is 1. The Morgan fingerprint density at radius 1 is 1.17 bits per heavy atom. The van der Waals surface area contributed by atoms with Crippen molar-refractivity contribution in [3.8, 4) is 5.75 Å². The summed E-state index contributed by atoms with van der Waals surface area (Å²) in [5.41, 5.74) is 2.39. The third-order valence-corrected chi connectivity index (χ3v) is 6.10. The average Bonchev–Trinajstić information content (AvgIpc) is 3.07. The number of hydrogen-bond acceptors (Lipinski definition) is 4. The van der Waals surface area contributed by atoms with Crippen LogP contribution in [0.15, 0.2) is 70.8 Å². The summed E-state index contributed by atoms with van der Waals surface area (Å²) >= 11 is 9.74. The van der Waals surface area contributed by atoms with Crippen LogP contribution in [-0.4, -0.2) is 29.3 Å². The van der Waals surface area contributed by atoms with E-state index >= 15 is 0 Å². The molecular weight excluding hydrogens is 553 g/mol. The standard InChI is InChI=1S/C26H20BrClFN3O4/c1-15-5-4-7-18(9-15)30-23(33)13-32-25(34)22(31-26(32)35)12-16-10-19(27)24(20(28)11-16)36-14-17-6-2-3-8-21(17)29/h2-12H,13-14H2,1H3,(H,30,33)(H,31,35)/b22-12+. The Hall–Kier alpha value is -3.69. The number of anilines is 1. The van der Waals surface area contributed by atoms with Crippen LogP contribution < -0.4 is 15.4 Å². The number of rotatable bonds is 7. The summed E-state index contributed by atoms with van der Waals surface area (Å²) in [4.78, 5) is 38.3. The third-order valence-electron chi connectivity index (χ3n) is 5.23. The lowest BCUT2D eigenvalue weighted by Crippen LogP contribution is -2.38. The minimum absolute atomic E-state index is 0.00801. The molecule has 1 aliphatic heterocycles. The molecule has 0 aromatic heterocycles. The van der Waals surface area contributed by atoms with Crippen LogP contribution in [0.3, 0.4) is 0 Å². The van der Waals surface area contributed by atoms with Crippen LogP contribution in [0.4, 0.5) is 14.9 Å². The molecule has 10 heteroatoms. The van der Waals surface area contributed by atoms with Gasteiger partial charge in [-0.15, -0.1) is 0 Å². The summed E-state index contributed by atoms with van der Waals surface area (Å²) in [5.74, 6) is -1.24. The second-order valence-electron chi connectivity index (χ2n) is 7.99. The van der Waals surface area contributed by atoms with Crippen LogP contribution in [0.2, 0.25) is 5.02 Å². The molecule has 2 N–H and O–H groups in total. The Labute approximate surface area is 220 Å². The van der Waals surface area contributed by atoms with E-state index in [4.69, 9.17) is 16.3 Å². The maximum Gasteiger partial charge on any atom is 0.329 e. The van der Waals surface area contributed by atoms with Gasteiger partial charge in [0.2, 0.25) is 5.91 Å². The van der Waals surface area contributed by atoms with E-state index < -0.39 is 30.2 Å². The van der Waals surface area contributed by atoms with Gasteiger partial charge < -0.3 is 15.4 Å². The Morgan fingerprint density at radius 3 is 2.67 bits per heavy atom. The fraction of sp³-hybridized carbons (Fsp3) is 0.115. The topological polar surface area (TPSA) is 87.7 Å². The maximum absolute atomic E-state index is 13.9. The molecule has 3 aromatic carbocycles. The van der Waals surface area contributed by atoms with Gasteiger partial charge >= 0.3 is 6.03 Å². The highest BCUT2D eigenvalue weighted by Gasteiger charge is 2.35. The van der Waals surface area contributed by atoms with Crippen LogP contribution in [-0.2, 0) is 16.2 Å². The van der Waals surface area contributed by atoms with Crippen molar-refractivity contribution in [2.75, 3.05) is 11.9 Å². The molecule has 36 heavy (non-hydrogen) atoms. The van der Waals surface area contributed by atoms with Gasteiger partial charge in [-0.3, -0.25) is 9.59 Å². The van der Waals surface area contributed by atoms with Gasteiger partial charge in [0.15, 0.2) is 5.75 Å². The Morgan fingerprint density at radius 2 is 1.94 bits per heavy atom.